The van der Waals surface area contributed by atoms with Crippen molar-refractivity contribution >= 4 is 27.5 Å². The molecule has 0 aliphatic carbocycles. The summed E-state index contributed by atoms with van der Waals surface area (Å²) in [7, 11) is 0. The number of thiophene rings is 1. The molecular formula is C20H21N3O2S. The van der Waals surface area contributed by atoms with Crippen LogP contribution in [0.2, 0.25) is 0 Å². The summed E-state index contributed by atoms with van der Waals surface area (Å²) >= 11 is 1.50. The summed E-state index contributed by atoms with van der Waals surface area (Å²) in [6, 6.07) is 11.8. The summed E-state index contributed by atoms with van der Waals surface area (Å²) in [4.78, 5) is 33.3. The number of carbonyl (C=O) groups is 1. The zero-order chi connectivity index (χ0) is 18.1. The van der Waals surface area contributed by atoms with Gasteiger partial charge in [0.2, 0.25) is 5.91 Å². The van der Waals surface area contributed by atoms with Crippen molar-refractivity contribution < 1.29 is 4.79 Å². The van der Waals surface area contributed by atoms with Crippen molar-refractivity contribution in [3.8, 4) is 10.4 Å². The molecule has 1 aliphatic rings. The number of likely N-dealkylation sites (tertiary alicyclic amines) is 1. The molecule has 1 saturated heterocycles. The van der Waals surface area contributed by atoms with Crippen LogP contribution in [0, 0.1) is 5.92 Å². The maximum absolute atomic E-state index is 12.8. The van der Waals surface area contributed by atoms with Crippen molar-refractivity contribution in [2.45, 2.75) is 26.3 Å². The molecule has 1 aromatic carbocycles. The summed E-state index contributed by atoms with van der Waals surface area (Å²) in [6.45, 7) is 3.83. The Kier molecular flexibility index (Phi) is 4.59. The zero-order valence-corrected chi connectivity index (χ0v) is 15.5. The van der Waals surface area contributed by atoms with E-state index in [1.807, 2.05) is 41.3 Å². The third-order valence-electron chi connectivity index (χ3n) is 5.02. The Labute approximate surface area is 155 Å². The van der Waals surface area contributed by atoms with Crippen LogP contribution in [0.1, 0.15) is 19.8 Å². The van der Waals surface area contributed by atoms with Gasteiger partial charge < -0.3 is 4.90 Å². The minimum Gasteiger partial charge on any atom is -0.341 e. The van der Waals surface area contributed by atoms with Crippen molar-refractivity contribution in [3.05, 3.63) is 53.1 Å². The van der Waals surface area contributed by atoms with Gasteiger partial charge in [-0.1, -0.05) is 37.3 Å². The van der Waals surface area contributed by atoms with Gasteiger partial charge in [0.1, 0.15) is 11.4 Å². The Balaban J connectivity index is 1.60. The van der Waals surface area contributed by atoms with Gasteiger partial charge in [0.05, 0.1) is 11.7 Å². The molecule has 0 N–H and O–H groups in total. The molecule has 0 atom stereocenters. The van der Waals surface area contributed by atoms with Gasteiger partial charge >= 0.3 is 0 Å². The first-order valence-electron chi connectivity index (χ1n) is 8.94. The number of aromatic nitrogens is 2. The van der Waals surface area contributed by atoms with Gasteiger partial charge in [-0.25, -0.2) is 4.98 Å². The van der Waals surface area contributed by atoms with Crippen molar-refractivity contribution in [2.75, 3.05) is 13.1 Å². The fraction of sp³-hybridized carbons (Fsp3) is 0.350. The highest BCUT2D eigenvalue weighted by Gasteiger charge is 2.21. The SMILES string of the molecule is CC1CCN(C(=O)Cn2cnc3sc(-c4ccccc4)cc3c2=O)CC1. The lowest BCUT2D eigenvalue weighted by atomic mass is 9.99. The van der Waals surface area contributed by atoms with E-state index in [1.54, 1.807) is 0 Å². The van der Waals surface area contributed by atoms with E-state index < -0.39 is 0 Å². The quantitative estimate of drug-likeness (QED) is 0.713. The Hall–Kier alpha value is -2.47. The van der Waals surface area contributed by atoms with E-state index in [9.17, 15) is 9.59 Å². The molecule has 0 unspecified atom stereocenters. The van der Waals surface area contributed by atoms with Crippen LogP contribution in [0.3, 0.4) is 0 Å². The number of hydrogen-bond donors (Lipinski definition) is 0. The van der Waals surface area contributed by atoms with E-state index in [0.29, 0.717) is 16.1 Å². The Bertz CT molecular complexity index is 985. The number of piperidine rings is 1. The van der Waals surface area contributed by atoms with Crippen LogP contribution in [0.5, 0.6) is 0 Å². The summed E-state index contributed by atoms with van der Waals surface area (Å²) in [5, 5.41) is 0.580. The molecule has 134 valence electrons. The fourth-order valence-electron chi connectivity index (χ4n) is 3.32. The van der Waals surface area contributed by atoms with Crippen LogP contribution < -0.4 is 5.56 Å². The number of hydrogen-bond acceptors (Lipinski definition) is 4. The van der Waals surface area contributed by atoms with E-state index in [0.717, 1.165) is 36.4 Å². The highest BCUT2D eigenvalue weighted by atomic mass is 32.1. The number of amides is 1. The van der Waals surface area contributed by atoms with E-state index in [-0.39, 0.29) is 18.0 Å². The molecule has 6 heteroatoms. The molecule has 1 fully saturated rings. The average molecular weight is 367 g/mol. The van der Waals surface area contributed by atoms with Crippen LogP contribution in [-0.4, -0.2) is 33.4 Å². The van der Waals surface area contributed by atoms with E-state index in [1.165, 1.54) is 22.2 Å². The van der Waals surface area contributed by atoms with E-state index in [4.69, 9.17) is 0 Å². The summed E-state index contributed by atoms with van der Waals surface area (Å²) in [5.41, 5.74) is 0.923. The molecular weight excluding hydrogens is 346 g/mol. The van der Waals surface area contributed by atoms with E-state index >= 15 is 0 Å². The molecule has 1 aliphatic heterocycles. The first kappa shape index (κ1) is 17.0. The lowest BCUT2D eigenvalue weighted by molar-refractivity contribution is -0.133. The third kappa shape index (κ3) is 3.29. The van der Waals surface area contributed by atoms with Crippen molar-refractivity contribution in [2.24, 2.45) is 5.92 Å². The molecule has 4 rings (SSSR count). The molecule has 0 spiro atoms. The van der Waals surface area contributed by atoms with Gasteiger partial charge in [-0.3, -0.25) is 14.2 Å². The van der Waals surface area contributed by atoms with Crippen molar-refractivity contribution in [1.29, 1.82) is 0 Å². The standard InChI is InChI=1S/C20H21N3O2S/c1-14-7-9-22(10-8-14)18(24)12-23-13-21-19-16(20(23)25)11-17(26-19)15-5-3-2-4-6-15/h2-6,11,13-14H,7-10,12H2,1H3. The number of fused-ring (bicyclic) bond motifs is 1. The molecule has 26 heavy (non-hydrogen) atoms. The molecule has 3 aromatic rings. The molecule has 0 radical (unpaired) electrons. The average Bonchev–Trinajstić information content (AvgIpc) is 3.10. The zero-order valence-electron chi connectivity index (χ0n) is 14.7. The number of nitrogens with zero attached hydrogens (tertiary/aromatic N) is 3. The second-order valence-electron chi connectivity index (χ2n) is 6.94. The summed E-state index contributed by atoms with van der Waals surface area (Å²) in [5.74, 6) is 0.667. The van der Waals surface area contributed by atoms with Crippen LogP contribution in [0.4, 0.5) is 0 Å². The number of benzene rings is 1. The topological polar surface area (TPSA) is 55.2 Å². The minimum absolute atomic E-state index is 0.00124. The Morgan fingerprint density at radius 1 is 1.23 bits per heavy atom. The highest BCUT2D eigenvalue weighted by Crippen LogP contribution is 2.30. The normalized spacial score (nSPS) is 15.5. The smallest absolute Gasteiger partial charge is 0.262 e. The molecule has 2 aromatic heterocycles. The second-order valence-corrected chi connectivity index (χ2v) is 7.97. The number of carbonyl (C=O) groups excluding carboxylic acids is 1. The molecule has 1 amide bonds. The number of rotatable bonds is 3. The molecule has 0 saturated carbocycles. The third-order valence-corrected chi connectivity index (χ3v) is 6.11. The van der Waals surface area contributed by atoms with Crippen LogP contribution in [-0.2, 0) is 11.3 Å². The highest BCUT2D eigenvalue weighted by molar-refractivity contribution is 7.21. The Morgan fingerprint density at radius 2 is 1.96 bits per heavy atom. The largest absolute Gasteiger partial charge is 0.341 e. The first-order chi connectivity index (χ1) is 12.6. The van der Waals surface area contributed by atoms with Gasteiger partial charge in [-0.15, -0.1) is 11.3 Å². The fourth-order valence-corrected chi connectivity index (χ4v) is 4.32. The summed E-state index contributed by atoms with van der Waals surface area (Å²) < 4.78 is 1.43. The lowest BCUT2D eigenvalue weighted by Crippen LogP contribution is -2.41. The van der Waals surface area contributed by atoms with Gasteiger partial charge in [-0.05, 0) is 30.4 Å². The maximum atomic E-state index is 12.8. The van der Waals surface area contributed by atoms with Gasteiger partial charge in [0.25, 0.3) is 5.56 Å². The maximum Gasteiger partial charge on any atom is 0.262 e. The molecule has 0 bridgehead atoms. The van der Waals surface area contributed by atoms with Crippen molar-refractivity contribution in [3.63, 3.8) is 0 Å². The van der Waals surface area contributed by atoms with Crippen LogP contribution in [0.25, 0.3) is 20.7 Å². The Morgan fingerprint density at radius 3 is 2.69 bits per heavy atom. The second kappa shape index (κ2) is 7.03. The van der Waals surface area contributed by atoms with Gasteiger partial charge in [0.15, 0.2) is 0 Å². The summed E-state index contributed by atoms with van der Waals surface area (Å²) in [6.07, 6.45) is 3.56. The van der Waals surface area contributed by atoms with Crippen LogP contribution >= 0.6 is 11.3 Å². The van der Waals surface area contributed by atoms with Gasteiger partial charge in [0, 0.05) is 18.0 Å². The monoisotopic (exact) mass is 367 g/mol. The van der Waals surface area contributed by atoms with Crippen molar-refractivity contribution in [1.82, 2.24) is 14.5 Å². The van der Waals surface area contributed by atoms with E-state index in [2.05, 4.69) is 11.9 Å². The predicted octanol–water partition coefficient (Wildman–Crippen LogP) is 3.38. The predicted molar refractivity (Wildman–Crippen MR) is 104 cm³/mol. The molecule has 5 nitrogen and oxygen atoms in total. The van der Waals surface area contributed by atoms with Crippen LogP contribution in [0.15, 0.2) is 47.5 Å². The first-order valence-corrected chi connectivity index (χ1v) is 9.75. The minimum atomic E-state index is -0.146. The molecule has 3 heterocycles. The lowest BCUT2D eigenvalue weighted by Gasteiger charge is -2.30. The van der Waals surface area contributed by atoms with Gasteiger partial charge in [-0.2, -0.15) is 0 Å².